The molecule has 0 saturated carbocycles. The van der Waals surface area contributed by atoms with E-state index in [1.54, 1.807) is 11.6 Å². The van der Waals surface area contributed by atoms with Crippen LogP contribution in [0, 0.1) is 0 Å². The number of nitrogens with one attached hydrogen (secondary N) is 1. The van der Waals surface area contributed by atoms with Gasteiger partial charge in [-0.05, 0) is 12.1 Å². The van der Waals surface area contributed by atoms with E-state index in [9.17, 15) is 0 Å². The molecule has 16 heavy (non-hydrogen) atoms. The van der Waals surface area contributed by atoms with Crippen LogP contribution in [-0.2, 0) is 0 Å². The van der Waals surface area contributed by atoms with Gasteiger partial charge in [-0.2, -0.15) is 4.98 Å². The van der Waals surface area contributed by atoms with E-state index in [0.29, 0.717) is 22.5 Å². The van der Waals surface area contributed by atoms with Crippen molar-refractivity contribution in [1.29, 1.82) is 0 Å². The van der Waals surface area contributed by atoms with Crippen LogP contribution >= 0.6 is 11.3 Å². The molecule has 0 amide bonds. The van der Waals surface area contributed by atoms with Crippen molar-refractivity contribution in [3.63, 3.8) is 0 Å². The molecular formula is C9H7N5OS. The molecule has 6 nitrogen and oxygen atoms in total. The Labute approximate surface area is 94.1 Å². The first-order valence-corrected chi connectivity index (χ1v) is 5.40. The highest BCUT2D eigenvalue weighted by Crippen LogP contribution is 2.23. The van der Waals surface area contributed by atoms with Crippen LogP contribution in [0.25, 0.3) is 23.1 Å². The number of nitrogens with zero attached hydrogens (tertiary/aromatic N) is 3. The summed E-state index contributed by atoms with van der Waals surface area (Å²) in [5.41, 5.74) is 6.94. The first-order chi connectivity index (χ1) is 7.83. The molecule has 0 unspecified atom stereocenters. The molecule has 0 aromatic carbocycles. The fourth-order valence-corrected chi connectivity index (χ4v) is 1.83. The van der Waals surface area contributed by atoms with Gasteiger partial charge in [-0.1, -0.05) is 5.16 Å². The van der Waals surface area contributed by atoms with Gasteiger partial charge in [0.25, 0.3) is 5.89 Å². The lowest BCUT2D eigenvalue weighted by Gasteiger charge is -1.84. The van der Waals surface area contributed by atoms with E-state index in [-0.39, 0.29) is 0 Å². The fourth-order valence-electron chi connectivity index (χ4n) is 1.29. The van der Waals surface area contributed by atoms with Gasteiger partial charge in [0.05, 0.1) is 5.69 Å². The quantitative estimate of drug-likeness (QED) is 0.703. The SMILES string of the molecule is Nc1nc(-c2nc(-c3ccc[nH]3)no2)cs1. The Bertz CT molecular complexity index is 597. The Kier molecular flexibility index (Phi) is 1.97. The van der Waals surface area contributed by atoms with Crippen LogP contribution in [0.1, 0.15) is 0 Å². The molecule has 0 spiro atoms. The molecule has 7 heteroatoms. The Morgan fingerprint density at radius 1 is 1.38 bits per heavy atom. The highest BCUT2D eigenvalue weighted by molar-refractivity contribution is 7.13. The predicted molar refractivity (Wildman–Crippen MR) is 59.6 cm³/mol. The maximum absolute atomic E-state index is 5.53. The second-order valence-corrected chi connectivity index (χ2v) is 3.97. The molecule has 3 heterocycles. The van der Waals surface area contributed by atoms with Crippen molar-refractivity contribution in [2.24, 2.45) is 0 Å². The molecule has 3 aromatic heterocycles. The topological polar surface area (TPSA) is 93.6 Å². The van der Waals surface area contributed by atoms with Gasteiger partial charge < -0.3 is 15.2 Å². The van der Waals surface area contributed by atoms with Crippen molar-refractivity contribution >= 4 is 16.5 Å². The number of hydrogen-bond donors (Lipinski definition) is 2. The molecule has 3 N–H and O–H groups in total. The van der Waals surface area contributed by atoms with Crippen molar-refractivity contribution in [3.8, 4) is 23.1 Å². The number of hydrogen-bond acceptors (Lipinski definition) is 6. The molecule has 0 bridgehead atoms. The second-order valence-electron chi connectivity index (χ2n) is 3.08. The Morgan fingerprint density at radius 2 is 2.31 bits per heavy atom. The molecule has 0 atom stereocenters. The monoisotopic (exact) mass is 233 g/mol. The zero-order valence-corrected chi connectivity index (χ0v) is 8.86. The van der Waals surface area contributed by atoms with Crippen molar-refractivity contribution in [2.75, 3.05) is 5.73 Å². The standard InChI is InChI=1S/C9H7N5OS/c10-9-12-6(4-16-9)8-13-7(14-15-8)5-2-1-3-11-5/h1-4,11H,(H2,10,12). The van der Waals surface area contributed by atoms with Crippen molar-refractivity contribution < 1.29 is 4.52 Å². The van der Waals surface area contributed by atoms with Crippen LogP contribution in [0.5, 0.6) is 0 Å². The second kappa shape index (κ2) is 3.46. The van der Waals surface area contributed by atoms with Crippen LogP contribution in [0.15, 0.2) is 28.2 Å². The van der Waals surface area contributed by atoms with Gasteiger partial charge in [0.1, 0.15) is 5.69 Å². The van der Waals surface area contributed by atoms with E-state index in [1.807, 2.05) is 12.1 Å². The van der Waals surface area contributed by atoms with Crippen LogP contribution in [0.3, 0.4) is 0 Å². The molecule has 0 fully saturated rings. The third-order valence-corrected chi connectivity index (χ3v) is 2.68. The zero-order valence-electron chi connectivity index (χ0n) is 8.04. The summed E-state index contributed by atoms with van der Waals surface area (Å²) in [4.78, 5) is 11.3. The fraction of sp³-hybridized carbons (Fsp3) is 0. The third kappa shape index (κ3) is 1.47. The molecular weight excluding hydrogens is 226 g/mol. The highest BCUT2D eigenvalue weighted by atomic mass is 32.1. The minimum atomic E-state index is 0.373. The van der Waals surface area contributed by atoms with E-state index >= 15 is 0 Å². The number of anilines is 1. The van der Waals surface area contributed by atoms with Gasteiger partial charge in [-0.25, -0.2) is 4.98 Å². The summed E-state index contributed by atoms with van der Waals surface area (Å²) in [6.45, 7) is 0. The largest absolute Gasteiger partial charge is 0.375 e. The van der Waals surface area contributed by atoms with Crippen LogP contribution in [0.4, 0.5) is 5.13 Å². The highest BCUT2D eigenvalue weighted by Gasteiger charge is 2.13. The van der Waals surface area contributed by atoms with Gasteiger partial charge in [0.2, 0.25) is 5.82 Å². The Balaban J connectivity index is 2.00. The van der Waals surface area contributed by atoms with Crippen molar-refractivity contribution in [3.05, 3.63) is 23.7 Å². The summed E-state index contributed by atoms with van der Waals surface area (Å²) in [7, 11) is 0. The molecule has 80 valence electrons. The maximum atomic E-state index is 5.53. The van der Waals surface area contributed by atoms with Crippen LogP contribution < -0.4 is 5.73 Å². The van der Waals surface area contributed by atoms with Crippen molar-refractivity contribution in [1.82, 2.24) is 20.1 Å². The van der Waals surface area contributed by atoms with Crippen molar-refractivity contribution in [2.45, 2.75) is 0 Å². The average molecular weight is 233 g/mol. The number of thiazole rings is 1. The number of nitrogen functional groups attached to an aromatic ring is 1. The predicted octanol–water partition coefficient (Wildman–Crippen LogP) is 1.77. The van der Waals surface area contributed by atoms with Crippen LogP contribution in [-0.4, -0.2) is 20.1 Å². The lowest BCUT2D eigenvalue weighted by Crippen LogP contribution is -1.83. The first kappa shape index (κ1) is 9.10. The minimum Gasteiger partial charge on any atom is -0.375 e. The summed E-state index contributed by atoms with van der Waals surface area (Å²) >= 11 is 1.34. The lowest BCUT2D eigenvalue weighted by atomic mass is 10.4. The molecule has 3 rings (SSSR count). The summed E-state index contributed by atoms with van der Waals surface area (Å²) in [5, 5.41) is 6.11. The number of rotatable bonds is 2. The van der Waals surface area contributed by atoms with E-state index in [4.69, 9.17) is 10.3 Å². The number of aromatic amines is 1. The molecule has 0 aliphatic heterocycles. The van der Waals surface area contributed by atoms with Gasteiger partial charge in [-0.15, -0.1) is 11.3 Å². The number of H-pyrrole nitrogens is 1. The molecule has 3 aromatic rings. The Morgan fingerprint density at radius 3 is 3.00 bits per heavy atom. The van der Waals surface area contributed by atoms with Gasteiger partial charge in [-0.3, -0.25) is 0 Å². The summed E-state index contributed by atoms with van der Waals surface area (Å²) in [5.74, 6) is 0.879. The van der Waals surface area contributed by atoms with Crippen LogP contribution in [0.2, 0.25) is 0 Å². The summed E-state index contributed by atoms with van der Waals surface area (Å²) in [6, 6.07) is 3.73. The van der Waals surface area contributed by atoms with Gasteiger partial charge in [0.15, 0.2) is 5.13 Å². The first-order valence-electron chi connectivity index (χ1n) is 4.52. The van der Waals surface area contributed by atoms with Gasteiger partial charge >= 0.3 is 0 Å². The third-order valence-electron chi connectivity index (χ3n) is 2.01. The molecule has 0 radical (unpaired) electrons. The Hall–Kier alpha value is -2.15. The molecule has 0 saturated heterocycles. The van der Waals surface area contributed by atoms with E-state index < -0.39 is 0 Å². The maximum Gasteiger partial charge on any atom is 0.277 e. The van der Waals surface area contributed by atoms with E-state index in [2.05, 4.69) is 20.1 Å². The molecule has 0 aliphatic carbocycles. The average Bonchev–Trinajstić information content (AvgIpc) is 2.97. The molecule has 0 aliphatic rings. The summed E-state index contributed by atoms with van der Waals surface area (Å²) < 4.78 is 5.10. The zero-order chi connectivity index (χ0) is 11.0. The smallest absolute Gasteiger partial charge is 0.277 e. The normalized spacial score (nSPS) is 10.8. The minimum absolute atomic E-state index is 0.373. The summed E-state index contributed by atoms with van der Waals surface area (Å²) in [6.07, 6.45) is 1.80. The number of nitrogens with two attached hydrogens (primary N) is 1. The number of aromatic nitrogens is 4. The lowest BCUT2D eigenvalue weighted by molar-refractivity contribution is 0.431. The van der Waals surface area contributed by atoms with E-state index in [1.165, 1.54) is 11.3 Å². The van der Waals surface area contributed by atoms with Gasteiger partial charge in [0, 0.05) is 11.6 Å². The van der Waals surface area contributed by atoms with E-state index in [0.717, 1.165) is 5.69 Å².